The molecule has 0 bridgehead atoms. The molecule has 3 atom stereocenters. The molecule has 2 aliphatic heterocycles. The maximum Gasteiger partial charge on any atom is 0.328 e. The fraction of sp³-hybridized carbons (Fsp3) is 0.556. The van der Waals surface area contributed by atoms with Crippen molar-refractivity contribution >= 4 is 33.3 Å². The van der Waals surface area contributed by atoms with Crippen LogP contribution in [-0.4, -0.2) is 46.5 Å². The Labute approximate surface area is 103 Å². The maximum absolute atomic E-state index is 12.2. The lowest BCUT2D eigenvalue weighted by molar-refractivity contribution is -0.157. The minimum Gasteiger partial charge on any atom is -0.480 e. The van der Waals surface area contributed by atoms with Crippen molar-refractivity contribution < 1.29 is 23.1 Å². The van der Waals surface area contributed by atoms with Crippen molar-refractivity contribution in [3.05, 3.63) is 11.6 Å². The van der Waals surface area contributed by atoms with E-state index in [2.05, 4.69) is 0 Å². The summed E-state index contributed by atoms with van der Waals surface area (Å²) in [7, 11) is -3.76. The van der Waals surface area contributed by atoms with Gasteiger partial charge in [-0.1, -0.05) is 11.6 Å². The Morgan fingerprint density at radius 2 is 2.24 bits per heavy atom. The Balaban J connectivity index is 2.63. The highest BCUT2D eigenvalue weighted by molar-refractivity contribution is 7.94. The first kappa shape index (κ1) is 12.4. The summed E-state index contributed by atoms with van der Waals surface area (Å²) < 4.78 is 22.6. The number of amides is 1. The minimum absolute atomic E-state index is 0.155. The number of rotatable bonds is 2. The van der Waals surface area contributed by atoms with Crippen molar-refractivity contribution in [3.63, 3.8) is 0 Å². The number of hydrogen-bond donors (Lipinski definition) is 1. The lowest BCUT2D eigenvalue weighted by atomic mass is 9.97. The third-order valence-electron chi connectivity index (χ3n) is 3.37. The van der Waals surface area contributed by atoms with E-state index in [1.807, 2.05) is 0 Å². The Morgan fingerprint density at radius 1 is 1.65 bits per heavy atom. The first-order chi connectivity index (χ1) is 7.77. The van der Waals surface area contributed by atoms with Crippen LogP contribution < -0.4 is 0 Å². The minimum atomic E-state index is -3.76. The van der Waals surface area contributed by atoms with Crippen molar-refractivity contribution in [1.29, 1.82) is 0 Å². The standard InChI is InChI=1S/C9H10ClNO5S/c1-9(2-3-10)7(8(13)14)11-5(12)4-6(11)17(9,15)16/h2-3,6-7H,4H2,1H3,(H,13,14)/b3-2-/t6-,7+,9+/m1/s1. The van der Waals surface area contributed by atoms with Gasteiger partial charge in [-0.05, 0) is 13.0 Å². The number of halogens is 1. The predicted molar refractivity (Wildman–Crippen MR) is 59.0 cm³/mol. The molecular formula is C9H10ClNO5S. The summed E-state index contributed by atoms with van der Waals surface area (Å²) in [5.74, 6) is -1.81. The quantitative estimate of drug-likeness (QED) is 0.715. The van der Waals surface area contributed by atoms with Gasteiger partial charge >= 0.3 is 5.97 Å². The summed E-state index contributed by atoms with van der Waals surface area (Å²) in [4.78, 5) is 23.4. The van der Waals surface area contributed by atoms with Crippen LogP contribution in [0.3, 0.4) is 0 Å². The molecule has 0 aromatic heterocycles. The van der Waals surface area contributed by atoms with E-state index < -0.39 is 37.9 Å². The van der Waals surface area contributed by atoms with E-state index in [1.54, 1.807) is 0 Å². The molecule has 17 heavy (non-hydrogen) atoms. The Morgan fingerprint density at radius 3 is 2.65 bits per heavy atom. The highest BCUT2D eigenvalue weighted by atomic mass is 35.5. The summed E-state index contributed by atoms with van der Waals surface area (Å²) >= 11 is 5.38. The van der Waals surface area contributed by atoms with Gasteiger partial charge in [0.1, 0.15) is 10.1 Å². The zero-order valence-corrected chi connectivity index (χ0v) is 10.4. The van der Waals surface area contributed by atoms with Gasteiger partial charge in [-0.2, -0.15) is 0 Å². The first-order valence-corrected chi connectivity index (χ1v) is 6.81. The number of carboxylic acids is 1. The average Bonchev–Trinajstić information content (AvgIpc) is 2.33. The van der Waals surface area contributed by atoms with Gasteiger partial charge in [0.2, 0.25) is 5.91 Å². The molecule has 2 fully saturated rings. The third-order valence-corrected chi connectivity index (χ3v) is 6.19. The Bertz CT molecular complexity index is 528. The number of hydrogen-bond acceptors (Lipinski definition) is 4. The van der Waals surface area contributed by atoms with Crippen molar-refractivity contribution in [1.82, 2.24) is 4.90 Å². The normalized spacial score (nSPS) is 39.2. The summed E-state index contributed by atoms with van der Waals surface area (Å²) in [5.41, 5.74) is 0.976. The lowest BCUT2D eigenvalue weighted by Crippen LogP contribution is -2.57. The molecule has 0 unspecified atom stereocenters. The molecule has 2 aliphatic rings. The van der Waals surface area contributed by atoms with Crippen LogP contribution in [0.25, 0.3) is 0 Å². The van der Waals surface area contributed by atoms with Gasteiger partial charge in [-0.15, -0.1) is 0 Å². The molecule has 2 saturated heterocycles. The van der Waals surface area contributed by atoms with Crippen LogP contribution in [0.4, 0.5) is 0 Å². The van der Waals surface area contributed by atoms with Crippen LogP contribution in [0.2, 0.25) is 0 Å². The van der Waals surface area contributed by atoms with Gasteiger partial charge < -0.3 is 10.0 Å². The van der Waals surface area contributed by atoms with Crippen molar-refractivity contribution in [2.75, 3.05) is 0 Å². The maximum atomic E-state index is 12.2. The first-order valence-electron chi connectivity index (χ1n) is 4.82. The van der Waals surface area contributed by atoms with Gasteiger partial charge in [0, 0.05) is 5.54 Å². The smallest absolute Gasteiger partial charge is 0.328 e. The molecule has 0 radical (unpaired) electrons. The number of carbonyl (C=O) groups is 2. The van der Waals surface area contributed by atoms with Crippen LogP contribution in [-0.2, 0) is 19.4 Å². The summed E-state index contributed by atoms with van der Waals surface area (Å²) in [5, 5.41) is 8.08. The number of β-lactam (4-membered cyclic amide) rings is 1. The van der Waals surface area contributed by atoms with Crippen molar-refractivity contribution in [2.24, 2.45) is 0 Å². The largest absolute Gasteiger partial charge is 0.480 e. The van der Waals surface area contributed by atoms with Gasteiger partial charge in [-0.3, -0.25) is 4.79 Å². The van der Waals surface area contributed by atoms with E-state index >= 15 is 0 Å². The lowest BCUT2D eigenvalue weighted by Gasteiger charge is -2.35. The molecule has 94 valence electrons. The predicted octanol–water partition coefficient (Wildman–Crippen LogP) is -0.0624. The van der Waals surface area contributed by atoms with Gasteiger partial charge in [0.05, 0.1) is 6.42 Å². The topological polar surface area (TPSA) is 91.8 Å². The molecule has 0 aromatic carbocycles. The number of carbonyl (C=O) groups excluding carboxylic acids is 1. The van der Waals surface area contributed by atoms with E-state index in [0.717, 1.165) is 16.5 Å². The Kier molecular flexibility index (Phi) is 2.52. The van der Waals surface area contributed by atoms with E-state index in [1.165, 1.54) is 6.92 Å². The second-order valence-electron chi connectivity index (χ2n) is 4.22. The van der Waals surface area contributed by atoms with Crippen LogP contribution in [0.15, 0.2) is 11.6 Å². The monoisotopic (exact) mass is 279 g/mol. The van der Waals surface area contributed by atoms with Crippen molar-refractivity contribution in [3.8, 4) is 0 Å². The number of sulfone groups is 1. The van der Waals surface area contributed by atoms with E-state index in [4.69, 9.17) is 16.7 Å². The van der Waals surface area contributed by atoms with Crippen LogP contribution >= 0.6 is 11.6 Å². The third kappa shape index (κ3) is 1.29. The number of nitrogens with zero attached hydrogens (tertiary/aromatic N) is 1. The van der Waals surface area contributed by atoms with Crippen LogP contribution in [0.1, 0.15) is 13.3 Å². The Hall–Kier alpha value is -1.08. The summed E-state index contributed by atoms with van der Waals surface area (Å²) in [6.07, 6.45) is 0.964. The highest BCUT2D eigenvalue weighted by Crippen LogP contribution is 2.46. The average molecular weight is 280 g/mol. The molecule has 8 heteroatoms. The molecule has 2 heterocycles. The molecule has 2 rings (SSSR count). The SMILES string of the molecule is C[C@]1(/C=C\Cl)[C@H](C(=O)O)N2C(=O)C[C@H]2S1(=O)=O. The van der Waals surface area contributed by atoms with Crippen LogP contribution in [0, 0.1) is 0 Å². The molecule has 0 aromatic rings. The molecule has 1 amide bonds. The highest BCUT2D eigenvalue weighted by Gasteiger charge is 2.68. The zero-order chi connectivity index (χ0) is 13.0. The van der Waals surface area contributed by atoms with Crippen LogP contribution in [0.5, 0.6) is 0 Å². The number of fused-ring (bicyclic) bond motifs is 1. The van der Waals surface area contributed by atoms with Gasteiger partial charge in [0.25, 0.3) is 0 Å². The van der Waals surface area contributed by atoms with Gasteiger partial charge in [-0.25, -0.2) is 13.2 Å². The van der Waals surface area contributed by atoms with Crippen molar-refractivity contribution in [2.45, 2.75) is 29.5 Å². The fourth-order valence-corrected chi connectivity index (χ4v) is 4.98. The van der Waals surface area contributed by atoms with E-state index in [9.17, 15) is 18.0 Å². The molecular weight excluding hydrogens is 270 g/mol. The summed E-state index contributed by atoms with van der Waals surface area (Å²) in [6.45, 7) is 1.27. The fourth-order valence-electron chi connectivity index (χ4n) is 2.37. The molecule has 6 nitrogen and oxygen atoms in total. The molecule has 0 saturated carbocycles. The number of aliphatic carboxylic acids is 1. The molecule has 0 aliphatic carbocycles. The second-order valence-corrected chi connectivity index (χ2v) is 6.99. The summed E-state index contributed by atoms with van der Waals surface area (Å²) in [6, 6.07) is -1.41. The number of carboxylic acid groups (broad SMARTS) is 1. The molecule has 1 N–H and O–H groups in total. The van der Waals surface area contributed by atoms with Gasteiger partial charge in [0.15, 0.2) is 15.9 Å². The zero-order valence-electron chi connectivity index (χ0n) is 8.83. The van der Waals surface area contributed by atoms with E-state index in [-0.39, 0.29) is 6.42 Å². The molecule has 0 spiro atoms. The second kappa shape index (κ2) is 3.46. The van der Waals surface area contributed by atoms with E-state index in [0.29, 0.717) is 0 Å².